The predicted molar refractivity (Wildman–Crippen MR) is 34.1 cm³/mol. The van der Waals surface area contributed by atoms with Gasteiger partial charge in [0.15, 0.2) is 0 Å². The second-order valence-corrected chi connectivity index (χ2v) is 4.45. The molecule has 0 aromatic carbocycles. The molecule has 0 heterocycles. The van der Waals surface area contributed by atoms with Crippen LogP contribution in [0.5, 0.6) is 0 Å². The van der Waals surface area contributed by atoms with Gasteiger partial charge >= 0.3 is 16.3 Å². The zero-order valence-electron chi connectivity index (χ0n) is 4.98. The lowest BCUT2D eigenvalue weighted by Crippen LogP contribution is -2.08. The molecule has 1 aliphatic carbocycles. The summed E-state index contributed by atoms with van der Waals surface area (Å²) in [5.41, 5.74) is 0. The Bertz CT molecular complexity index is 191. The standard InChI is InChI=1S/C3H6O5P2/c4-9-8-3(1-2-3)10(5,6)7/h9H,1-2H2,(H-,5,6,7)/p+1. The van der Waals surface area contributed by atoms with Crippen molar-refractivity contribution in [3.05, 3.63) is 0 Å². The van der Waals surface area contributed by atoms with Gasteiger partial charge in [0.25, 0.3) is 0 Å². The molecule has 0 bridgehead atoms. The molecular weight excluding hydrogens is 178 g/mol. The summed E-state index contributed by atoms with van der Waals surface area (Å²) in [6.07, 6.45) is 0.596. The Hall–Kier alpha value is 0.210. The van der Waals surface area contributed by atoms with Crippen LogP contribution >= 0.6 is 16.3 Å². The van der Waals surface area contributed by atoms with Gasteiger partial charge in [-0.3, -0.25) is 4.57 Å². The van der Waals surface area contributed by atoms with Crippen LogP contribution in [0, 0.1) is 0 Å². The highest BCUT2D eigenvalue weighted by Crippen LogP contribution is 2.66. The first kappa shape index (κ1) is 8.31. The third-order valence-corrected chi connectivity index (χ3v) is 3.69. The Labute approximate surface area is 58.8 Å². The van der Waals surface area contributed by atoms with Gasteiger partial charge in [-0.25, -0.2) is 0 Å². The van der Waals surface area contributed by atoms with E-state index < -0.39 is 21.6 Å². The molecule has 0 aliphatic heterocycles. The van der Waals surface area contributed by atoms with E-state index in [1.54, 1.807) is 0 Å². The van der Waals surface area contributed by atoms with Crippen LogP contribution < -0.4 is 0 Å². The minimum atomic E-state index is -4.19. The van der Waals surface area contributed by atoms with Crippen molar-refractivity contribution in [2.24, 2.45) is 0 Å². The number of hydrogen-bond donors (Lipinski definition) is 2. The van der Waals surface area contributed by atoms with Crippen molar-refractivity contribution < 1.29 is 23.4 Å². The molecule has 1 saturated carbocycles. The molecule has 58 valence electrons. The smallest absolute Gasteiger partial charge is 0.322 e. The van der Waals surface area contributed by atoms with Crippen molar-refractivity contribution >= 4 is 16.3 Å². The van der Waals surface area contributed by atoms with Gasteiger partial charge in [-0.05, 0) is 17.4 Å². The Kier molecular flexibility index (Phi) is 1.96. The van der Waals surface area contributed by atoms with E-state index in [0.29, 0.717) is 12.8 Å². The second kappa shape index (κ2) is 2.36. The Morgan fingerprint density at radius 2 is 2.00 bits per heavy atom. The van der Waals surface area contributed by atoms with Crippen LogP contribution in [0.4, 0.5) is 0 Å². The number of hydrogen-bond acceptors (Lipinski definition) is 3. The van der Waals surface area contributed by atoms with E-state index in [2.05, 4.69) is 4.52 Å². The highest BCUT2D eigenvalue weighted by atomic mass is 31.2. The minimum Gasteiger partial charge on any atom is -0.322 e. The molecule has 1 fully saturated rings. The second-order valence-electron chi connectivity index (χ2n) is 2.18. The average molecular weight is 185 g/mol. The van der Waals surface area contributed by atoms with Crippen LogP contribution in [-0.4, -0.2) is 15.1 Å². The van der Waals surface area contributed by atoms with Crippen LogP contribution in [0.2, 0.25) is 0 Å². The van der Waals surface area contributed by atoms with Gasteiger partial charge in [0, 0.05) is 0 Å². The summed E-state index contributed by atoms with van der Waals surface area (Å²) in [6.45, 7) is 0. The number of rotatable bonds is 3. The van der Waals surface area contributed by atoms with Crippen LogP contribution in [0.25, 0.3) is 0 Å². The summed E-state index contributed by atoms with van der Waals surface area (Å²) in [4.78, 5) is 17.2. The van der Waals surface area contributed by atoms with Gasteiger partial charge in [0.2, 0.25) is 5.34 Å². The summed E-state index contributed by atoms with van der Waals surface area (Å²) in [5.74, 6) is 0. The zero-order valence-corrected chi connectivity index (χ0v) is 6.88. The fraction of sp³-hybridized carbons (Fsp3) is 1.00. The maximum atomic E-state index is 10.5. The molecule has 2 N–H and O–H groups in total. The molecule has 1 aliphatic rings. The highest BCUT2D eigenvalue weighted by Gasteiger charge is 2.62. The van der Waals surface area contributed by atoms with Crippen molar-refractivity contribution in [1.82, 2.24) is 0 Å². The van der Waals surface area contributed by atoms with E-state index in [4.69, 9.17) is 9.79 Å². The first-order valence-electron chi connectivity index (χ1n) is 2.63. The SMILES string of the molecule is O=[PH+]OC1(P(=O)(O)O)CC1. The molecule has 1 unspecified atom stereocenters. The van der Waals surface area contributed by atoms with Crippen molar-refractivity contribution in [2.75, 3.05) is 0 Å². The van der Waals surface area contributed by atoms with E-state index in [9.17, 15) is 9.13 Å². The molecule has 7 heteroatoms. The van der Waals surface area contributed by atoms with E-state index in [1.807, 2.05) is 0 Å². The van der Waals surface area contributed by atoms with Crippen LogP contribution in [0.15, 0.2) is 0 Å². The van der Waals surface area contributed by atoms with Crippen LogP contribution in [0.1, 0.15) is 12.8 Å². The fourth-order valence-corrected chi connectivity index (χ4v) is 2.28. The lowest BCUT2D eigenvalue weighted by Gasteiger charge is -2.07. The summed E-state index contributed by atoms with van der Waals surface area (Å²) in [6, 6.07) is 0. The van der Waals surface area contributed by atoms with Crippen LogP contribution in [0.3, 0.4) is 0 Å². The Morgan fingerprint density at radius 3 is 2.10 bits per heavy atom. The summed E-state index contributed by atoms with van der Waals surface area (Å²) in [7, 11) is -5.29. The third-order valence-electron chi connectivity index (χ3n) is 1.44. The topological polar surface area (TPSA) is 83.8 Å². The fourth-order valence-electron chi connectivity index (χ4n) is 0.637. The molecule has 1 rings (SSSR count). The lowest BCUT2D eigenvalue weighted by molar-refractivity contribution is 0.223. The van der Waals surface area contributed by atoms with Crippen molar-refractivity contribution in [1.29, 1.82) is 0 Å². The zero-order chi connectivity index (χ0) is 7.83. The lowest BCUT2D eigenvalue weighted by atomic mass is 10.8. The van der Waals surface area contributed by atoms with Gasteiger partial charge in [0.05, 0.1) is 0 Å². The Balaban J connectivity index is 2.69. The van der Waals surface area contributed by atoms with Crippen molar-refractivity contribution in [2.45, 2.75) is 18.2 Å². The Morgan fingerprint density at radius 1 is 1.50 bits per heavy atom. The highest BCUT2D eigenvalue weighted by molar-refractivity contribution is 7.54. The maximum absolute atomic E-state index is 10.5. The molecule has 0 amide bonds. The van der Waals surface area contributed by atoms with Gasteiger partial charge in [-0.15, -0.1) is 4.52 Å². The molecule has 0 radical (unpaired) electrons. The molecule has 10 heavy (non-hydrogen) atoms. The molecule has 0 aromatic heterocycles. The summed E-state index contributed by atoms with van der Waals surface area (Å²) < 4.78 is 24.8. The molecule has 5 nitrogen and oxygen atoms in total. The van der Waals surface area contributed by atoms with E-state index in [-0.39, 0.29) is 0 Å². The first-order valence-corrected chi connectivity index (χ1v) is 5.05. The first-order chi connectivity index (χ1) is 4.52. The van der Waals surface area contributed by atoms with Gasteiger partial charge < -0.3 is 9.79 Å². The van der Waals surface area contributed by atoms with E-state index in [1.165, 1.54) is 0 Å². The monoisotopic (exact) mass is 185 g/mol. The summed E-state index contributed by atoms with van der Waals surface area (Å²) in [5, 5.41) is -1.40. The minimum absolute atomic E-state index is 0.298. The van der Waals surface area contributed by atoms with E-state index in [0.717, 1.165) is 0 Å². The van der Waals surface area contributed by atoms with Gasteiger partial charge in [-0.2, -0.15) is 0 Å². The quantitative estimate of drug-likeness (QED) is 0.629. The van der Waals surface area contributed by atoms with Crippen molar-refractivity contribution in [3.8, 4) is 0 Å². The van der Waals surface area contributed by atoms with Gasteiger partial charge in [-0.1, -0.05) is 0 Å². The molecular formula is C3H7O5P2+. The van der Waals surface area contributed by atoms with Crippen LogP contribution in [-0.2, 0) is 13.7 Å². The normalized spacial score (nSPS) is 23.0. The predicted octanol–water partition coefficient (Wildman–Crippen LogP) is 0.610. The average Bonchev–Trinajstić information content (AvgIpc) is 2.45. The maximum Gasteiger partial charge on any atom is 0.495 e. The molecule has 1 atom stereocenters. The largest absolute Gasteiger partial charge is 0.495 e. The molecule has 0 spiro atoms. The third kappa shape index (κ3) is 1.29. The van der Waals surface area contributed by atoms with Gasteiger partial charge in [0.1, 0.15) is 0 Å². The van der Waals surface area contributed by atoms with E-state index >= 15 is 0 Å². The van der Waals surface area contributed by atoms with Crippen molar-refractivity contribution in [3.63, 3.8) is 0 Å². The molecule has 0 saturated heterocycles. The summed E-state index contributed by atoms with van der Waals surface area (Å²) >= 11 is 0. The molecule has 0 aromatic rings.